The van der Waals surface area contributed by atoms with Gasteiger partial charge in [-0.1, -0.05) is 48.9 Å². The molecular weight excluding hydrogens is 430 g/mol. The Morgan fingerprint density at radius 3 is 2.53 bits per heavy atom. The van der Waals surface area contributed by atoms with Gasteiger partial charge in [0.1, 0.15) is 29.9 Å². The maximum absolute atomic E-state index is 12.2. The molecule has 178 valence electrons. The van der Waals surface area contributed by atoms with Crippen molar-refractivity contribution >= 4 is 5.97 Å². The third-order valence-corrected chi connectivity index (χ3v) is 6.32. The van der Waals surface area contributed by atoms with E-state index in [4.69, 9.17) is 14.2 Å². The quantitative estimate of drug-likeness (QED) is 0.466. The van der Waals surface area contributed by atoms with Gasteiger partial charge < -0.3 is 19.3 Å². The standard InChI is InChI=1S/C28H31NO5/c1-32-22-14-15-24(26(18-22)33-2)27(29-16-7-6-13-25(29)28(30)31)21-11-8-12-23(17-21)34-19-20-9-4-3-5-10-20/h3-5,8-12,14-15,17-18,25,27H,6-7,13,16,19H2,1-2H3,(H,30,31). The summed E-state index contributed by atoms with van der Waals surface area (Å²) in [6, 6.07) is 22.8. The molecule has 0 amide bonds. The van der Waals surface area contributed by atoms with Gasteiger partial charge in [0.05, 0.1) is 20.3 Å². The van der Waals surface area contributed by atoms with Gasteiger partial charge in [0.2, 0.25) is 0 Å². The SMILES string of the molecule is COc1ccc(C(c2cccc(OCc3ccccc3)c2)N2CCCCC2C(=O)O)c(OC)c1. The van der Waals surface area contributed by atoms with Crippen molar-refractivity contribution in [2.75, 3.05) is 20.8 Å². The summed E-state index contributed by atoms with van der Waals surface area (Å²) in [6.07, 6.45) is 2.47. The average molecular weight is 462 g/mol. The molecule has 34 heavy (non-hydrogen) atoms. The van der Waals surface area contributed by atoms with Gasteiger partial charge in [-0.15, -0.1) is 0 Å². The fraction of sp³-hybridized carbons (Fsp3) is 0.321. The molecule has 3 aromatic rings. The molecule has 0 radical (unpaired) electrons. The molecule has 0 aliphatic carbocycles. The fourth-order valence-corrected chi connectivity index (χ4v) is 4.64. The smallest absolute Gasteiger partial charge is 0.320 e. The molecule has 0 bridgehead atoms. The summed E-state index contributed by atoms with van der Waals surface area (Å²) >= 11 is 0. The van der Waals surface area contributed by atoms with Crippen molar-refractivity contribution in [1.29, 1.82) is 0 Å². The van der Waals surface area contributed by atoms with E-state index < -0.39 is 12.0 Å². The molecule has 0 spiro atoms. The number of methoxy groups -OCH3 is 2. The Bertz CT molecular complexity index is 1100. The van der Waals surface area contributed by atoms with E-state index in [0.717, 1.165) is 35.3 Å². The Morgan fingerprint density at radius 1 is 0.971 bits per heavy atom. The van der Waals surface area contributed by atoms with Gasteiger partial charge in [-0.05, 0) is 54.8 Å². The predicted octanol–water partition coefficient (Wildman–Crippen LogP) is 5.31. The maximum Gasteiger partial charge on any atom is 0.320 e. The van der Waals surface area contributed by atoms with Gasteiger partial charge in [-0.25, -0.2) is 0 Å². The number of likely N-dealkylation sites (tertiary alicyclic amines) is 1. The first-order chi connectivity index (χ1) is 16.6. The van der Waals surface area contributed by atoms with Crippen LogP contribution in [0.5, 0.6) is 17.2 Å². The van der Waals surface area contributed by atoms with Gasteiger partial charge in [0.15, 0.2) is 0 Å². The Hall–Kier alpha value is -3.51. The molecule has 0 aromatic heterocycles. The lowest BCUT2D eigenvalue weighted by Gasteiger charge is -2.40. The number of nitrogens with zero attached hydrogens (tertiary/aromatic N) is 1. The number of carboxylic acids is 1. The van der Waals surface area contributed by atoms with Gasteiger partial charge >= 0.3 is 5.97 Å². The highest BCUT2D eigenvalue weighted by atomic mass is 16.5. The second-order valence-corrected chi connectivity index (χ2v) is 8.44. The Morgan fingerprint density at radius 2 is 1.79 bits per heavy atom. The van der Waals surface area contributed by atoms with Crippen LogP contribution in [-0.2, 0) is 11.4 Å². The van der Waals surface area contributed by atoms with Crippen LogP contribution >= 0.6 is 0 Å². The highest BCUT2D eigenvalue weighted by Crippen LogP contribution is 2.40. The third kappa shape index (κ3) is 5.34. The van der Waals surface area contributed by atoms with Crippen LogP contribution in [0, 0.1) is 0 Å². The van der Waals surface area contributed by atoms with Crippen molar-refractivity contribution in [2.24, 2.45) is 0 Å². The van der Waals surface area contributed by atoms with Crippen LogP contribution in [0.25, 0.3) is 0 Å². The molecule has 1 fully saturated rings. The largest absolute Gasteiger partial charge is 0.497 e. The third-order valence-electron chi connectivity index (χ3n) is 6.32. The van der Waals surface area contributed by atoms with E-state index in [1.807, 2.05) is 72.8 Å². The zero-order valence-electron chi connectivity index (χ0n) is 19.6. The van der Waals surface area contributed by atoms with E-state index in [1.54, 1.807) is 14.2 Å². The van der Waals surface area contributed by atoms with E-state index in [9.17, 15) is 9.90 Å². The van der Waals surface area contributed by atoms with Crippen molar-refractivity contribution in [2.45, 2.75) is 38.0 Å². The molecule has 4 rings (SSSR count). The highest BCUT2D eigenvalue weighted by Gasteiger charge is 2.36. The van der Waals surface area contributed by atoms with Crippen molar-refractivity contribution in [3.8, 4) is 17.2 Å². The first-order valence-corrected chi connectivity index (χ1v) is 11.6. The van der Waals surface area contributed by atoms with E-state index in [-0.39, 0.29) is 6.04 Å². The molecule has 2 unspecified atom stereocenters. The zero-order chi connectivity index (χ0) is 23.9. The van der Waals surface area contributed by atoms with Crippen molar-refractivity contribution in [3.05, 3.63) is 89.5 Å². The van der Waals surface area contributed by atoms with Crippen molar-refractivity contribution in [3.63, 3.8) is 0 Å². The van der Waals surface area contributed by atoms with Crippen LogP contribution in [0.3, 0.4) is 0 Å². The maximum atomic E-state index is 12.2. The number of carboxylic acid groups (broad SMARTS) is 1. The Kier molecular flexibility index (Phi) is 7.70. The fourth-order valence-electron chi connectivity index (χ4n) is 4.64. The number of ether oxygens (including phenoxy) is 3. The minimum absolute atomic E-state index is 0.303. The summed E-state index contributed by atoms with van der Waals surface area (Å²) in [4.78, 5) is 14.3. The van der Waals surface area contributed by atoms with E-state index in [1.165, 1.54) is 0 Å². The van der Waals surface area contributed by atoms with Crippen LogP contribution in [0.2, 0.25) is 0 Å². The number of rotatable bonds is 9. The second kappa shape index (κ2) is 11.1. The van der Waals surface area contributed by atoms with Gasteiger partial charge in [0.25, 0.3) is 0 Å². The molecule has 6 heteroatoms. The number of aliphatic carboxylic acids is 1. The lowest BCUT2D eigenvalue weighted by molar-refractivity contribution is -0.145. The van der Waals surface area contributed by atoms with Crippen LogP contribution < -0.4 is 14.2 Å². The average Bonchev–Trinajstić information content (AvgIpc) is 2.89. The van der Waals surface area contributed by atoms with Crippen molar-refractivity contribution in [1.82, 2.24) is 4.90 Å². The van der Waals surface area contributed by atoms with Crippen LogP contribution in [0.1, 0.15) is 42.0 Å². The first kappa shape index (κ1) is 23.6. The molecule has 6 nitrogen and oxygen atoms in total. The molecular formula is C28H31NO5. The summed E-state index contributed by atoms with van der Waals surface area (Å²) in [5, 5.41) is 10.0. The molecule has 0 saturated carbocycles. The lowest BCUT2D eigenvalue weighted by atomic mass is 9.91. The lowest BCUT2D eigenvalue weighted by Crippen LogP contribution is -2.46. The Balaban J connectivity index is 1.73. The summed E-state index contributed by atoms with van der Waals surface area (Å²) in [6.45, 7) is 1.15. The van der Waals surface area contributed by atoms with Crippen LogP contribution in [0.4, 0.5) is 0 Å². The topological polar surface area (TPSA) is 68.2 Å². The van der Waals surface area contributed by atoms with E-state index in [0.29, 0.717) is 31.1 Å². The van der Waals surface area contributed by atoms with Crippen LogP contribution in [0.15, 0.2) is 72.8 Å². The van der Waals surface area contributed by atoms with Crippen LogP contribution in [-0.4, -0.2) is 42.8 Å². The molecule has 1 aliphatic heterocycles. The van der Waals surface area contributed by atoms with Gasteiger partial charge in [-0.3, -0.25) is 9.69 Å². The number of hydrogen-bond acceptors (Lipinski definition) is 5. The predicted molar refractivity (Wildman–Crippen MR) is 131 cm³/mol. The number of piperidine rings is 1. The number of carbonyl (C=O) groups is 1. The summed E-state index contributed by atoms with van der Waals surface area (Å²) < 4.78 is 17.2. The number of benzene rings is 3. The van der Waals surface area contributed by atoms with Gasteiger partial charge in [-0.2, -0.15) is 0 Å². The molecule has 3 aromatic carbocycles. The van der Waals surface area contributed by atoms with E-state index in [2.05, 4.69) is 4.90 Å². The van der Waals surface area contributed by atoms with Gasteiger partial charge in [0, 0.05) is 11.6 Å². The number of hydrogen-bond donors (Lipinski definition) is 1. The molecule has 1 heterocycles. The summed E-state index contributed by atoms with van der Waals surface area (Å²) in [5.74, 6) is 1.29. The molecule has 1 aliphatic rings. The second-order valence-electron chi connectivity index (χ2n) is 8.44. The molecule has 2 atom stereocenters. The monoisotopic (exact) mass is 461 g/mol. The highest BCUT2D eigenvalue weighted by molar-refractivity contribution is 5.74. The Labute approximate surface area is 200 Å². The molecule has 1 saturated heterocycles. The normalized spacial score (nSPS) is 17.1. The molecule has 1 N–H and O–H groups in total. The van der Waals surface area contributed by atoms with Crippen molar-refractivity contribution < 1.29 is 24.1 Å². The summed E-state index contributed by atoms with van der Waals surface area (Å²) in [7, 11) is 3.24. The zero-order valence-corrected chi connectivity index (χ0v) is 19.6. The minimum Gasteiger partial charge on any atom is -0.497 e. The first-order valence-electron chi connectivity index (χ1n) is 11.6. The van der Waals surface area contributed by atoms with E-state index >= 15 is 0 Å². The minimum atomic E-state index is -0.798. The summed E-state index contributed by atoms with van der Waals surface area (Å²) in [5.41, 5.74) is 2.95.